The van der Waals surface area contributed by atoms with E-state index in [1.54, 1.807) is 23.1 Å². The third-order valence-corrected chi connectivity index (χ3v) is 3.49. The summed E-state index contributed by atoms with van der Waals surface area (Å²) in [6, 6.07) is 6.45. The number of phenolic OH excluding ortho intramolecular Hbond substituents is 1. The molecule has 0 aliphatic heterocycles. The highest BCUT2D eigenvalue weighted by Gasteiger charge is 2.25. The van der Waals surface area contributed by atoms with Crippen molar-refractivity contribution >= 4 is 5.91 Å². The molecule has 2 atom stereocenters. The van der Waals surface area contributed by atoms with E-state index in [1.807, 2.05) is 19.9 Å². The Morgan fingerprint density at radius 2 is 2.00 bits per heavy atom. The molecule has 1 unspecified atom stereocenters. The molecule has 0 aliphatic rings. The summed E-state index contributed by atoms with van der Waals surface area (Å²) in [7, 11) is 0. The van der Waals surface area contributed by atoms with Gasteiger partial charge in [-0.15, -0.1) is 0 Å². The Kier molecular flexibility index (Phi) is 6.02. The first-order valence-corrected chi connectivity index (χ1v) is 7.21. The van der Waals surface area contributed by atoms with E-state index in [0.717, 1.165) is 5.56 Å². The first kappa shape index (κ1) is 16.5. The molecule has 1 amide bonds. The van der Waals surface area contributed by atoms with E-state index >= 15 is 0 Å². The first-order valence-electron chi connectivity index (χ1n) is 7.21. The Morgan fingerprint density at radius 3 is 2.50 bits per heavy atom. The Hall–Kier alpha value is -1.55. The molecule has 1 aromatic carbocycles. The van der Waals surface area contributed by atoms with Gasteiger partial charge in [-0.1, -0.05) is 26.0 Å². The van der Waals surface area contributed by atoms with Crippen LogP contribution in [-0.4, -0.2) is 28.5 Å². The lowest BCUT2D eigenvalue weighted by molar-refractivity contribution is -0.134. The number of amides is 1. The highest BCUT2D eigenvalue weighted by molar-refractivity contribution is 5.82. The molecule has 112 valence electrons. The van der Waals surface area contributed by atoms with Gasteiger partial charge in [-0.2, -0.15) is 0 Å². The van der Waals surface area contributed by atoms with Crippen LogP contribution in [0.3, 0.4) is 0 Å². The van der Waals surface area contributed by atoms with Gasteiger partial charge in [0, 0.05) is 6.54 Å². The smallest absolute Gasteiger partial charge is 0.239 e. The van der Waals surface area contributed by atoms with Crippen LogP contribution in [0.5, 0.6) is 5.75 Å². The van der Waals surface area contributed by atoms with Gasteiger partial charge in [0.15, 0.2) is 0 Å². The van der Waals surface area contributed by atoms with E-state index in [0.29, 0.717) is 18.9 Å². The van der Waals surface area contributed by atoms with Crippen LogP contribution in [-0.2, 0) is 4.79 Å². The van der Waals surface area contributed by atoms with E-state index in [1.165, 1.54) is 0 Å². The molecule has 0 saturated carbocycles. The standard InChI is InChI=1S/C16H26N2O2/c1-5-18(16(20)15(17)9-11(2)3)12(4)13-7-6-8-14(19)10-13/h6-8,10-12,15,19H,5,9,17H2,1-4H3/t12?,15-/m0/s1. The summed E-state index contributed by atoms with van der Waals surface area (Å²) >= 11 is 0. The number of rotatable bonds is 6. The van der Waals surface area contributed by atoms with Crippen LogP contribution in [0.15, 0.2) is 24.3 Å². The van der Waals surface area contributed by atoms with Crippen molar-refractivity contribution in [2.45, 2.75) is 46.2 Å². The van der Waals surface area contributed by atoms with Gasteiger partial charge in [0.1, 0.15) is 5.75 Å². The number of aromatic hydroxyl groups is 1. The molecule has 0 spiro atoms. The number of phenols is 1. The van der Waals surface area contributed by atoms with Crippen molar-refractivity contribution in [2.75, 3.05) is 6.54 Å². The quantitative estimate of drug-likeness (QED) is 0.840. The maximum Gasteiger partial charge on any atom is 0.239 e. The van der Waals surface area contributed by atoms with Crippen LogP contribution in [0.25, 0.3) is 0 Å². The van der Waals surface area contributed by atoms with Crippen molar-refractivity contribution in [3.8, 4) is 5.75 Å². The highest BCUT2D eigenvalue weighted by Crippen LogP contribution is 2.24. The number of likely N-dealkylation sites (N-methyl/N-ethyl adjacent to an activating group) is 1. The van der Waals surface area contributed by atoms with Gasteiger partial charge in [0.2, 0.25) is 5.91 Å². The van der Waals surface area contributed by atoms with Gasteiger partial charge in [0.25, 0.3) is 0 Å². The second kappa shape index (κ2) is 7.29. The predicted molar refractivity (Wildman–Crippen MR) is 81.3 cm³/mol. The minimum Gasteiger partial charge on any atom is -0.508 e. The lowest BCUT2D eigenvalue weighted by Crippen LogP contribution is -2.45. The van der Waals surface area contributed by atoms with Crippen molar-refractivity contribution in [3.05, 3.63) is 29.8 Å². The molecule has 0 aromatic heterocycles. The maximum absolute atomic E-state index is 12.4. The fraction of sp³-hybridized carbons (Fsp3) is 0.562. The molecule has 0 heterocycles. The molecule has 3 N–H and O–H groups in total. The summed E-state index contributed by atoms with van der Waals surface area (Å²) in [5.41, 5.74) is 6.91. The molecular weight excluding hydrogens is 252 g/mol. The first-order chi connectivity index (χ1) is 9.36. The van der Waals surface area contributed by atoms with Crippen molar-refractivity contribution in [3.63, 3.8) is 0 Å². The predicted octanol–water partition coefficient (Wildman–Crippen LogP) is 2.68. The van der Waals surface area contributed by atoms with Crippen LogP contribution < -0.4 is 5.73 Å². The molecular formula is C16H26N2O2. The zero-order valence-corrected chi connectivity index (χ0v) is 12.8. The van der Waals surface area contributed by atoms with Gasteiger partial charge >= 0.3 is 0 Å². The number of carbonyl (C=O) groups is 1. The third kappa shape index (κ3) is 4.23. The van der Waals surface area contributed by atoms with Gasteiger partial charge in [-0.05, 0) is 43.9 Å². The van der Waals surface area contributed by atoms with Crippen molar-refractivity contribution in [2.24, 2.45) is 11.7 Å². The van der Waals surface area contributed by atoms with Crippen LogP contribution in [0.1, 0.15) is 45.7 Å². The summed E-state index contributed by atoms with van der Waals surface area (Å²) in [6.07, 6.45) is 0.683. The molecule has 0 aliphatic carbocycles. The molecule has 0 saturated heterocycles. The largest absolute Gasteiger partial charge is 0.508 e. The van der Waals surface area contributed by atoms with Gasteiger partial charge in [0.05, 0.1) is 12.1 Å². The van der Waals surface area contributed by atoms with Crippen molar-refractivity contribution < 1.29 is 9.90 Å². The number of benzene rings is 1. The average molecular weight is 278 g/mol. The summed E-state index contributed by atoms with van der Waals surface area (Å²) in [5.74, 6) is 0.574. The Labute approximate surface area is 121 Å². The molecule has 0 radical (unpaired) electrons. The molecule has 0 fully saturated rings. The highest BCUT2D eigenvalue weighted by atomic mass is 16.3. The molecule has 4 heteroatoms. The molecule has 20 heavy (non-hydrogen) atoms. The molecule has 4 nitrogen and oxygen atoms in total. The zero-order chi connectivity index (χ0) is 15.3. The Balaban J connectivity index is 2.86. The topological polar surface area (TPSA) is 66.6 Å². The average Bonchev–Trinajstić information content (AvgIpc) is 2.38. The zero-order valence-electron chi connectivity index (χ0n) is 12.8. The number of nitrogens with zero attached hydrogens (tertiary/aromatic N) is 1. The number of hydrogen-bond acceptors (Lipinski definition) is 3. The SMILES string of the molecule is CCN(C(=O)[C@@H](N)CC(C)C)C(C)c1cccc(O)c1. The fourth-order valence-electron chi connectivity index (χ4n) is 2.41. The van der Waals surface area contributed by atoms with Crippen molar-refractivity contribution in [1.82, 2.24) is 4.90 Å². The van der Waals surface area contributed by atoms with Crippen LogP contribution in [0.4, 0.5) is 0 Å². The second-order valence-electron chi connectivity index (χ2n) is 5.63. The van der Waals surface area contributed by atoms with Crippen LogP contribution in [0.2, 0.25) is 0 Å². The minimum absolute atomic E-state index is 0.0305. The van der Waals surface area contributed by atoms with Gasteiger partial charge in [-0.25, -0.2) is 0 Å². The van der Waals surface area contributed by atoms with E-state index in [4.69, 9.17) is 5.73 Å². The van der Waals surface area contributed by atoms with Crippen LogP contribution >= 0.6 is 0 Å². The normalized spacial score (nSPS) is 14.1. The van der Waals surface area contributed by atoms with Crippen molar-refractivity contribution in [1.29, 1.82) is 0 Å². The van der Waals surface area contributed by atoms with Gasteiger partial charge < -0.3 is 15.7 Å². The molecule has 1 aromatic rings. The summed E-state index contributed by atoms with van der Waals surface area (Å²) < 4.78 is 0. The third-order valence-electron chi connectivity index (χ3n) is 3.49. The van der Waals surface area contributed by atoms with Crippen LogP contribution in [0, 0.1) is 5.92 Å². The molecule has 1 rings (SSSR count). The Morgan fingerprint density at radius 1 is 1.35 bits per heavy atom. The number of nitrogens with two attached hydrogens (primary N) is 1. The molecule has 0 bridgehead atoms. The van der Waals surface area contributed by atoms with Gasteiger partial charge in [-0.3, -0.25) is 4.79 Å². The van der Waals surface area contributed by atoms with E-state index in [2.05, 4.69) is 13.8 Å². The maximum atomic E-state index is 12.4. The van der Waals surface area contributed by atoms with E-state index < -0.39 is 6.04 Å². The lowest BCUT2D eigenvalue weighted by atomic mass is 10.0. The monoisotopic (exact) mass is 278 g/mol. The second-order valence-corrected chi connectivity index (χ2v) is 5.63. The lowest BCUT2D eigenvalue weighted by Gasteiger charge is -2.31. The van der Waals surface area contributed by atoms with E-state index in [-0.39, 0.29) is 17.7 Å². The number of hydrogen-bond donors (Lipinski definition) is 2. The summed E-state index contributed by atoms with van der Waals surface area (Å²) in [6.45, 7) is 8.61. The summed E-state index contributed by atoms with van der Waals surface area (Å²) in [5, 5.41) is 9.56. The minimum atomic E-state index is -0.463. The Bertz CT molecular complexity index is 446. The van der Waals surface area contributed by atoms with E-state index in [9.17, 15) is 9.90 Å². The summed E-state index contributed by atoms with van der Waals surface area (Å²) in [4.78, 5) is 14.2. The fourth-order valence-corrected chi connectivity index (χ4v) is 2.41. The number of carbonyl (C=O) groups excluding carboxylic acids is 1.